The SMILES string of the molecule is [2H]C([2H])([2H])N1CCN(c2cc(C(=O)Cc3cc4nc(-c5cn(C)nn5)ccc4cn3)ccn2)CC1. The lowest BCUT2D eigenvalue weighted by atomic mass is 10.1. The highest BCUT2D eigenvalue weighted by molar-refractivity contribution is 5.98. The molecule has 0 radical (unpaired) electrons. The molecule has 32 heavy (non-hydrogen) atoms. The summed E-state index contributed by atoms with van der Waals surface area (Å²) in [5.74, 6) is 0.592. The van der Waals surface area contributed by atoms with Crippen LogP contribution in [0.3, 0.4) is 0 Å². The van der Waals surface area contributed by atoms with E-state index in [0.717, 1.165) is 10.9 Å². The number of hydrogen-bond donors (Lipinski definition) is 0. The fraction of sp³-hybridized carbons (Fsp3) is 0.304. The second-order valence-electron chi connectivity index (χ2n) is 7.82. The molecule has 0 N–H and O–H groups in total. The Morgan fingerprint density at radius 1 is 1.09 bits per heavy atom. The van der Waals surface area contributed by atoms with Gasteiger partial charge in [-0.2, -0.15) is 0 Å². The fourth-order valence-corrected chi connectivity index (χ4v) is 3.73. The highest BCUT2D eigenvalue weighted by atomic mass is 16.1. The van der Waals surface area contributed by atoms with Gasteiger partial charge in [-0.05, 0) is 37.3 Å². The monoisotopic (exact) mass is 431 g/mol. The van der Waals surface area contributed by atoms with Crippen molar-refractivity contribution in [1.29, 1.82) is 0 Å². The van der Waals surface area contributed by atoms with E-state index in [-0.39, 0.29) is 12.2 Å². The molecule has 9 nitrogen and oxygen atoms in total. The Morgan fingerprint density at radius 2 is 1.97 bits per heavy atom. The van der Waals surface area contributed by atoms with Crippen LogP contribution in [0.1, 0.15) is 20.2 Å². The molecule has 0 aromatic carbocycles. The number of likely N-dealkylation sites (N-methyl/N-ethyl adjacent to an activating group) is 1. The van der Waals surface area contributed by atoms with Crippen molar-refractivity contribution in [3.8, 4) is 11.4 Å². The molecule has 0 spiro atoms. The Labute approximate surface area is 189 Å². The van der Waals surface area contributed by atoms with E-state index in [0.29, 0.717) is 54.6 Å². The van der Waals surface area contributed by atoms with Gasteiger partial charge in [0.1, 0.15) is 11.5 Å². The highest BCUT2D eigenvalue weighted by Gasteiger charge is 2.17. The van der Waals surface area contributed by atoms with Crippen molar-refractivity contribution < 1.29 is 8.91 Å². The Morgan fingerprint density at radius 3 is 2.75 bits per heavy atom. The van der Waals surface area contributed by atoms with Crippen LogP contribution in [0.2, 0.25) is 0 Å². The van der Waals surface area contributed by atoms with E-state index in [1.165, 1.54) is 4.90 Å². The largest absolute Gasteiger partial charge is 0.354 e. The molecule has 0 bridgehead atoms. The summed E-state index contributed by atoms with van der Waals surface area (Å²) >= 11 is 0. The summed E-state index contributed by atoms with van der Waals surface area (Å²) in [6.07, 6.45) is 5.25. The smallest absolute Gasteiger partial charge is 0.169 e. The van der Waals surface area contributed by atoms with E-state index in [1.807, 2.05) is 23.1 Å². The number of pyridine rings is 3. The van der Waals surface area contributed by atoms with Crippen molar-refractivity contribution in [2.45, 2.75) is 6.42 Å². The molecule has 162 valence electrons. The van der Waals surface area contributed by atoms with E-state index in [2.05, 4.69) is 25.3 Å². The quantitative estimate of drug-likeness (QED) is 0.443. The van der Waals surface area contributed by atoms with Crippen LogP contribution >= 0.6 is 0 Å². The predicted molar refractivity (Wildman–Crippen MR) is 122 cm³/mol. The molecule has 5 rings (SSSR count). The molecule has 0 saturated carbocycles. The van der Waals surface area contributed by atoms with Crippen molar-refractivity contribution in [2.24, 2.45) is 7.05 Å². The van der Waals surface area contributed by atoms with Crippen molar-refractivity contribution >= 4 is 22.5 Å². The molecule has 9 heteroatoms. The second kappa shape index (κ2) is 8.43. The summed E-state index contributed by atoms with van der Waals surface area (Å²) in [5, 5.41) is 8.93. The zero-order valence-corrected chi connectivity index (χ0v) is 17.6. The van der Waals surface area contributed by atoms with Crippen LogP contribution in [0.15, 0.2) is 48.9 Å². The third kappa shape index (κ3) is 4.19. The molecule has 5 heterocycles. The van der Waals surface area contributed by atoms with Crippen LogP contribution in [0, 0.1) is 0 Å². The number of carbonyl (C=O) groups is 1. The number of fused-ring (bicyclic) bond motifs is 1. The molecule has 1 saturated heterocycles. The van der Waals surface area contributed by atoms with Gasteiger partial charge in [0.15, 0.2) is 5.78 Å². The molecule has 1 fully saturated rings. The minimum atomic E-state index is -2.09. The average molecular weight is 432 g/mol. The van der Waals surface area contributed by atoms with E-state index in [1.54, 1.807) is 42.5 Å². The molecule has 1 aliphatic rings. The third-order valence-electron chi connectivity index (χ3n) is 5.51. The number of nitrogens with zero attached hydrogens (tertiary/aromatic N) is 8. The normalized spacial score (nSPS) is 16.5. The molecule has 4 aromatic heterocycles. The van der Waals surface area contributed by atoms with Gasteiger partial charge in [0.05, 0.1) is 29.5 Å². The topological polar surface area (TPSA) is 92.9 Å². The van der Waals surface area contributed by atoms with Gasteiger partial charge >= 0.3 is 0 Å². The number of carbonyl (C=O) groups excluding carboxylic acids is 1. The number of piperazine rings is 1. The molecular formula is C23H24N8O. The lowest BCUT2D eigenvalue weighted by Gasteiger charge is -2.33. The first kappa shape index (κ1) is 16.9. The van der Waals surface area contributed by atoms with Gasteiger partial charge < -0.3 is 9.80 Å². The van der Waals surface area contributed by atoms with Crippen LogP contribution < -0.4 is 4.90 Å². The van der Waals surface area contributed by atoms with Crippen LogP contribution in [0.4, 0.5) is 5.82 Å². The Hall–Kier alpha value is -3.72. The van der Waals surface area contributed by atoms with Gasteiger partial charge in [0.2, 0.25) is 0 Å². The number of rotatable bonds is 5. The van der Waals surface area contributed by atoms with E-state index < -0.39 is 6.98 Å². The first-order valence-corrected chi connectivity index (χ1v) is 10.4. The van der Waals surface area contributed by atoms with Crippen LogP contribution in [-0.4, -0.2) is 73.8 Å². The first-order chi connectivity index (χ1) is 16.8. The van der Waals surface area contributed by atoms with Crippen LogP contribution in [0.25, 0.3) is 22.3 Å². The highest BCUT2D eigenvalue weighted by Crippen LogP contribution is 2.20. The maximum atomic E-state index is 13.0. The van der Waals surface area contributed by atoms with Crippen molar-refractivity contribution in [1.82, 2.24) is 34.8 Å². The zero-order valence-electron chi connectivity index (χ0n) is 20.6. The molecule has 1 aliphatic heterocycles. The molecule has 0 amide bonds. The number of ketones is 1. The minimum absolute atomic E-state index is 0.0771. The van der Waals surface area contributed by atoms with Gasteiger partial charge in [-0.25, -0.2) is 9.97 Å². The molecule has 0 aliphatic carbocycles. The molecule has 0 unspecified atom stereocenters. The standard InChI is InChI=1S/C23H24N8O/c1-29-7-9-31(10-8-29)23-11-16(5-6-24-23)22(32)13-18-12-20-17(14-25-18)3-4-19(26-20)21-15-30(2)28-27-21/h3-6,11-12,14-15H,7-10,13H2,1-2H3/i1D3. The second-order valence-corrected chi connectivity index (χ2v) is 7.82. The van der Waals surface area contributed by atoms with Crippen molar-refractivity contribution in [3.05, 3.63) is 60.2 Å². The Bertz CT molecular complexity index is 1380. The van der Waals surface area contributed by atoms with E-state index >= 15 is 0 Å². The number of aromatic nitrogens is 6. The average Bonchev–Trinajstić information content (AvgIpc) is 3.29. The van der Waals surface area contributed by atoms with Gasteiger partial charge in [-0.3, -0.25) is 14.5 Å². The van der Waals surface area contributed by atoms with Crippen molar-refractivity contribution in [2.75, 3.05) is 38.1 Å². The van der Waals surface area contributed by atoms with Gasteiger partial charge in [-0.1, -0.05) is 5.21 Å². The third-order valence-corrected chi connectivity index (χ3v) is 5.51. The fourth-order valence-electron chi connectivity index (χ4n) is 3.73. The Kier molecular flexibility index (Phi) is 4.45. The molecular weight excluding hydrogens is 404 g/mol. The van der Waals surface area contributed by atoms with Gasteiger partial charge in [0, 0.05) is 60.7 Å². The number of anilines is 1. The summed E-state index contributed by atoms with van der Waals surface area (Å²) in [6.45, 7) is -0.180. The Balaban J connectivity index is 1.31. The van der Waals surface area contributed by atoms with Crippen molar-refractivity contribution in [3.63, 3.8) is 0 Å². The minimum Gasteiger partial charge on any atom is -0.354 e. The van der Waals surface area contributed by atoms with Gasteiger partial charge in [-0.15, -0.1) is 5.10 Å². The first-order valence-electron chi connectivity index (χ1n) is 11.9. The number of Topliss-reactive ketones (excluding diaryl/α,β-unsaturated/α-hetero) is 1. The van der Waals surface area contributed by atoms with Crippen LogP contribution in [-0.2, 0) is 13.5 Å². The lowest BCUT2D eigenvalue weighted by Crippen LogP contribution is -2.44. The summed E-state index contributed by atoms with van der Waals surface area (Å²) in [6, 6.07) is 9.07. The molecule has 0 atom stereocenters. The predicted octanol–water partition coefficient (Wildman–Crippen LogP) is 2.00. The summed E-state index contributed by atoms with van der Waals surface area (Å²) < 4.78 is 24.3. The summed E-state index contributed by atoms with van der Waals surface area (Å²) in [4.78, 5) is 30.0. The number of hydrogen-bond acceptors (Lipinski definition) is 8. The zero-order chi connectivity index (χ0) is 24.6. The maximum Gasteiger partial charge on any atom is 0.169 e. The summed E-state index contributed by atoms with van der Waals surface area (Å²) in [5.41, 5.74) is 3.26. The maximum absolute atomic E-state index is 13.0. The summed E-state index contributed by atoms with van der Waals surface area (Å²) in [7, 11) is 1.80. The number of aryl methyl sites for hydroxylation is 1. The molecule has 4 aromatic rings. The lowest BCUT2D eigenvalue weighted by molar-refractivity contribution is 0.0992. The van der Waals surface area contributed by atoms with Gasteiger partial charge in [0.25, 0.3) is 0 Å². The van der Waals surface area contributed by atoms with Crippen LogP contribution in [0.5, 0.6) is 0 Å². The van der Waals surface area contributed by atoms with E-state index in [4.69, 9.17) is 4.11 Å². The van der Waals surface area contributed by atoms with E-state index in [9.17, 15) is 4.79 Å².